The standard InChI is InChI=1S/C7H14N2OS/c1-6-8-7(9-10-6)5-11(2,3)4/h5H2,1-4H3. The summed E-state index contributed by atoms with van der Waals surface area (Å²) < 4.78 is 4.86. The van der Waals surface area contributed by atoms with Crippen LogP contribution >= 0.6 is 10.0 Å². The van der Waals surface area contributed by atoms with Crippen LogP contribution in [-0.2, 0) is 5.75 Å². The Morgan fingerprint density at radius 1 is 1.36 bits per heavy atom. The summed E-state index contributed by atoms with van der Waals surface area (Å²) >= 11 is 0. The highest BCUT2D eigenvalue weighted by molar-refractivity contribution is 8.31. The molecule has 11 heavy (non-hydrogen) atoms. The number of aromatic nitrogens is 2. The van der Waals surface area contributed by atoms with E-state index in [1.54, 1.807) is 0 Å². The van der Waals surface area contributed by atoms with Gasteiger partial charge in [0.1, 0.15) is 0 Å². The molecule has 0 amide bonds. The average molecular weight is 174 g/mol. The Balaban J connectivity index is 2.65. The summed E-state index contributed by atoms with van der Waals surface area (Å²) in [6.07, 6.45) is 6.70. The Morgan fingerprint density at radius 3 is 2.36 bits per heavy atom. The molecule has 0 aliphatic rings. The first-order valence-electron chi connectivity index (χ1n) is 3.42. The molecule has 0 saturated carbocycles. The minimum Gasteiger partial charge on any atom is -0.340 e. The third kappa shape index (κ3) is 2.93. The number of rotatable bonds is 2. The van der Waals surface area contributed by atoms with E-state index >= 15 is 0 Å². The lowest BCUT2D eigenvalue weighted by Crippen LogP contribution is -1.98. The van der Waals surface area contributed by atoms with E-state index in [0.29, 0.717) is 5.89 Å². The van der Waals surface area contributed by atoms with E-state index < -0.39 is 10.0 Å². The van der Waals surface area contributed by atoms with Crippen molar-refractivity contribution in [1.29, 1.82) is 0 Å². The minimum atomic E-state index is -0.549. The minimum absolute atomic E-state index is 0.549. The molecule has 0 saturated heterocycles. The fourth-order valence-electron chi connectivity index (χ4n) is 0.787. The first-order valence-corrected chi connectivity index (χ1v) is 6.45. The molecule has 0 atom stereocenters. The molecule has 1 heterocycles. The van der Waals surface area contributed by atoms with Crippen molar-refractivity contribution in [1.82, 2.24) is 10.1 Å². The van der Waals surface area contributed by atoms with Crippen LogP contribution in [0.25, 0.3) is 0 Å². The van der Waals surface area contributed by atoms with Crippen molar-refractivity contribution in [2.45, 2.75) is 12.7 Å². The maximum atomic E-state index is 4.86. The summed E-state index contributed by atoms with van der Waals surface area (Å²) in [5.74, 6) is 2.44. The second kappa shape index (κ2) is 2.85. The van der Waals surface area contributed by atoms with Crippen molar-refractivity contribution in [3.8, 4) is 0 Å². The molecule has 4 heteroatoms. The molecule has 1 rings (SSSR count). The van der Waals surface area contributed by atoms with Gasteiger partial charge in [-0.25, -0.2) is 10.0 Å². The van der Waals surface area contributed by atoms with E-state index in [4.69, 9.17) is 4.52 Å². The van der Waals surface area contributed by atoms with Gasteiger partial charge in [0, 0.05) is 12.7 Å². The fraction of sp³-hybridized carbons (Fsp3) is 0.714. The highest BCUT2D eigenvalue weighted by Gasteiger charge is 2.09. The van der Waals surface area contributed by atoms with Crippen LogP contribution in [0.4, 0.5) is 0 Å². The van der Waals surface area contributed by atoms with Crippen molar-refractivity contribution >= 4 is 10.0 Å². The molecule has 0 N–H and O–H groups in total. The monoisotopic (exact) mass is 174 g/mol. The lowest BCUT2D eigenvalue weighted by molar-refractivity contribution is 0.389. The maximum absolute atomic E-state index is 4.86. The van der Waals surface area contributed by atoms with Crippen molar-refractivity contribution < 1.29 is 4.52 Å². The molecule has 0 aromatic carbocycles. The van der Waals surface area contributed by atoms with E-state index in [9.17, 15) is 0 Å². The Bertz CT molecular complexity index is 239. The van der Waals surface area contributed by atoms with Crippen LogP contribution in [0.3, 0.4) is 0 Å². The first kappa shape index (κ1) is 8.59. The molecule has 0 fully saturated rings. The van der Waals surface area contributed by atoms with Crippen molar-refractivity contribution in [3.63, 3.8) is 0 Å². The molecule has 64 valence electrons. The van der Waals surface area contributed by atoms with E-state index in [-0.39, 0.29) is 0 Å². The molecular formula is C7H14N2OS. The number of hydrogen-bond acceptors (Lipinski definition) is 3. The molecule has 0 bridgehead atoms. The summed E-state index contributed by atoms with van der Waals surface area (Å²) in [4.78, 5) is 4.14. The molecule has 0 spiro atoms. The number of nitrogens with zero attached hydrogens (tertiary/aromatic N) is 2. The molecule has 3 nitrogen and oxygen atoms in total. The van der Waals surface area contributed by atoms with Crippen LogP contribution < -0.4 is 0 Å². The van der Waals surface area contributed by atoms with Crippen LogP contribution in [-0.4, -0.2) is 28.9 Å². The quantitative estimate of drug-likeness (QED) is 0.683. The van der Waals surface area contributed by atoms with Crippen LogP contribution in [0.2, 0.25) is 0 Å². The van der Waals surface area contributed by atoms with Crippen LogP contribution in [0.1, 0.15) is 11.7 Å². The Hall–Kier alpha value is -0.510. The zero-order chi connectivity index (χ0) is 8.48. The normalized spacial score (nSPS) is 13.5. The summed E-state index contributed by atoms with van der Waals surface area (Å²) in [5, 5.41) is 3.84. The highest BCUT2D eigenvalue weighted by atomic mass is 32.3. The largest absolute Gasteiger partial charge is 0.340 e. The molecule has 1 aromatic heterocycles. The summed E-state index contributed by atoms with van der Waals surface area (Å²) in [5.41, 5.74) is 0. The summed E-state index contributed by atoms with van der Waals surface area (Å²) in [6.45, 7) is 1.81. The van der Waals surface area contributed by atoms with E-state index in [1.807, 2.05) is 6.92 Å². The zero-order valence-corrected chi connectivity index (χ0v) is 8.23. The predicted molar refractivity (Wildman–Crippen MR) is 48.1 cm³/mol. The zero-order valence-electron chi connectivity index (χ0n) is 7.42. The van der Waals surface area contributed by atoms with Gasteiger partial charge in [0.15, 0.2) is 5.82 Å². The van der Waals surface area contributed by atoms with Gasteiger partial charge in [0.2, 0.25) is 5.89 Å². The summed E-state index contributed by atoms with van der Waals surface area (Å²) in [7, 11) is -0.549. The van der Waals surface area contributed by atoms with Crippen molar-refractivity contribution in [3.05, 3.63) is 11.7 Å². The van der Waals surface area contributed by atoms with Gasteiger partial charge in [-0.1, -0.05) is 5.16 Å². The molecule has 0 aliphatic carbocycles. The number of aryl methyl sites for hydroxylation is 1. The van der Waals surface area contributed by atoms with Crippen molar-refractivity contribution in [2.24, 2.45) is 0 Å². The fourth-order valence-corrected chi connectivity index (χ4v) is 1.68. The molecule has 0 unspecified atom stereocenters. The molecular weight excluding hydrogens is 160 g/mol. The lowest BCUT2D eigenvalue weighted by atomic mass is 10.7. The number of hydrogen-bond donors (Lipinski definition) is 0. The van der Waals surface area contributed by atoms with Gasteiger partial charge in [-0.05, 0) is 18.8 Å². The molecule has 1 aromatic rings. The topological polar surface area (TPSA) is 38.9 Å². The van der Waals surface area contributed by atoms with Gasteiger partial charge in [-0.3, -0.25) is 0 Å². The van der Waals surface area contributed by atoms with Gasteiger partial charge >= 0.3 is 0 Å². The Kier molecular flexibility index (Phi) is 2.23. The summed E-state index contributed by atoms with van der Waals surface area (Å²) in [6, 6.07) is 0. The predicted octanol–water partition coefficient (Wildman–Crippen LogP) is 1.57. The van der Waals surface area contributed by atoms with Gasteiger partial charge in [0.05, 0.1) is 0 Å². The van der Waals surface area contributed by atoms with Crippen LogP contribution in [0, 0.1) is 6.92 Å². The van der Waals surface area contributed by atoms with Crippen molar-refractivity contribution in [2.75, 3.05) is 18.8 Å². The third-order valence-corrected chi connectivity index (χ3v) is 2.26. The highest BCUT2D eigenvalue weighted by Crippen LogP contribution is 2.37. The Morgan fingerprint density at radius 2 is 2.00 bits per heavy atom. The lowest BCUT2D eigenvalue weighted by Gasteiger charge is -2.22. The van der Waals surface area contributed by atoms with E-state index in [1.165, 1.54) is 0 Å². The smallest absolute Gasteiger partial charge is 0.223 e. The van der Waals surface area contributed by atoms with Crippen LogP contribution in [0.15, 0.2) is 4.52 Å². The second-order valence-corrected chi connectivity index (χ2v) is 7.93. The van der Waals surface area contributed by atoms with Gasteiger partial charge < -0.3 is 4.52 Å². The van der Waals surface area contributed by atoms with Gasteiger partial charge in [0.25, 0.3) is 0 Å². The maximum Gasteiger partial charge on any atom is 0.223 e. The van der Waals surface area contributed by atoms with Gasteiger partial charge in [-0.2, -0.15) is 4.98 Å². The Labute approximate surface area is 68.5 Å². The van der Waals surface area contributed by atoms with E-state index in [2.05, 4.69) is 28.9 Å². The third-order valence-electron chi connectivity index (χ3n) is 1.13. The van der Waals surface area contributed by atoms with Gasteiger partial charge in [-0.15, -0.1) is 0 Å². The first-order chi connectivity index (χ1) is 4.97. The molecule has 0 radical (unpaired) electrons. The van der Waals surface area contributed by atoms with E-state index in [0.717, 1.165) is 11.6 Å². The molecule has 0 aliphatic heterocycles. The second-order valence-electron chi connectivity index (χ2n) is 3.46. The SMILES string of the molecule is Cc1nc(CS(C)(C)C)no1. The van der Waals surface area contributed by atoms with Crippen LogP contribution in [0.5, 0.6) is 0 Å². The average Bonchev–Trinajstić information content (AvgIpc) is 2.10.